The van der Waals surface area contributed by atoms with E-state index in [0.29, 0.717) is 6.04 Å². The van der Waals surface area contributed by atoms with E-state index in [1.54, 1.807) is 0 Å². The smallest absolute Gasteiger partial charge is 0.160 e. The number of aromatic nitrogens is 3. The molecule has 0 aromatic carbocycles. The second kappa shape index (κ2) is 5.70. The highest BCUT2D eigenvalue weighted by atomic mass is 15.1. The van der Waals surface area contributed by atoms with Gasteiger partial charge in [-0.3, -0.25) is 0 Å². The Bertz CT molecular complexity index is 540. The van der Waals surface area contributed by atoms with Crippen LogP contribution in [0.1, 0.15) is 38.4 Å². The van der Waals surface area contributed by atoms with Gasteiger partial charge in [0.2, 0.25) is 0 Å². The molecule has 1 aliphatic rings. The maximum Gasteiger partial charge on any atom is 0.160 e. The third-order valence-electron chi connectivity index (χ3n) is 3.87. The van der Waals surface area contributed by atoms with Crippen molar-refractivity contribution in [1.29, 1.82) is 0 Å². The van der Waals surface area contributed by atoms with Gasteiger partial charge in [-0.25, -0.2) is 9.97 Å². The second-order valence-corrected chi connectivity index (χ2v) is 5.38. The van der Waals surface area contributed by atoms with E-state index >= 15 is 0 Å². The van der Waals surface area contributed by atoms with Crippen LogP contribution in [0.15, 0.2) is 18.3 Å². The number of hydrogen-bond acceptors (Lipinski definition) is 3. The summed E-state index contributed by atoms with van der Waals surface area (Å²) in [5.41, 5.74) is 2.07. The number of rotatable bonds is 4. The van der Waals surface area contributed by atoms with Crippen molar-refractivity contribution >= 4 is 11.2 Å². The molecule has 19 heavy (non-hydrogen) atoms. The number of fused-ring (bicyclic) bond motifs is 1. The molecule has 4 heteroatoms. The Kier molecular flexibility index (Phi) is 3.78. The van der Waals surface area contributed by atoms with Crippen LogP contribution in [0.4, 0.5) is 0 Å². The number of hydrogen-bond donors (Lipinski definition) is 1. The molecule has 1 unspecified atom stereocenters. The van der Waals surface area contributed by atoms with Crippen LogP contribution in [-0.2, 0) is 13.0 Å². The maximum absolute atomic E-state index is 4.74. The quantitative estimate of drug-likeness (QED) is 0.916. The summed E-state index contributed by atoms with van der Waals surface area (Å²) in [7, 11) is 0. The first-order valence-corrected chi connectivity index (χ1v) is 7.42. The number of nitrogens with zero attached hydrogens (tertiary/aromatic N) is 3. The van der Waals surface area contributed by atoms with Gasteiger partial charge >= 0.3 is 0 Å². The fourth-order valence-electron chi connectivity index (χ4n) is 2.91. The first kappa shape index (κ1) is 12.6. The van der Waals surface area contributed by atoms with Crippen molar-refractivity contribution in [1.82, 2.24) is 19.9 Å². The highest BCUT2D eigenvalue weighted by molar-refractivity contribution is 5.71. The molecule has 1 atom stereocenters. The highest BCUT2D eigenvalue weighted by Crippen LogP contribution is 2.17. The lowest BCUT2D eigenvalue weighted by molar-refractivity contribution is 0.362. The van der Waals surface area contributed by atoms with E-state index in [1.807, 2.05) is 12.3 Å². The van der Waals surface area contributed by atoms with Crippen molar-refractivity contribution in [3.8, 4) is 0 Å². The predicted octanol–water partition coefficient (Wildman–Crippen LogP) is 2.53. The van der Waals surface area contributed by atoms with Crippen LogP contribution >= 0.6 is 0 Å². The first-order valence-electron chi connectivity index (χ1n) is 7.42. The molecular formula is C15H22N4. The Morgan fingerprint density at radius 1 is 1.42 bits per heavy atom. The highest BCUT2D eigenvalue weighted by Gasteiger charge is 2.17. The van der Waals surface area contributed by atoms with Gasteiger partial charge in [-0.05, 0) is 37.9 Å². The van der Waals surface area contributed by atoms with Crippen molar-refractivity contribution in [2.75, 3.05) is 6.54 Å². The molecule has 0 aliphatic carbocycles. The van der Waals surface area contributed by atoms with Gasteiger partial charge < -0.3 is 9.88 Å². The van der Waals surface area contributed by atoms with E-state index in [4.69, 9.17) is 4.98 Å². The predicted molar refractivity (Wildman–Crippen MR) is 77.2 cm³/mol. The van der Waals surface area contributed by atoms with Crippen molar-refractivity contribution in [2.45, 2.75) is 51.6 Å². The summed E-state index contributed by atoms with van der Waals surface area (Å²) in [6.07, 6.45) is 7.93. The summed E-state index contributed by atoms with van der Waals surface area (Å²) in [5, 5.41) is 3.62. The van der Waals surface area contributed by atoms with Gasteiger partial charge in [0, 0.05) is 25.2 Å². The van der Waals surface area contributed by atoms with Crippen LogP contribution < -0.4 is 5.32 Å². The SMILES string of the molecule is CCCc1nc2cccnc2n1CC1CCCCN1. The lowest BCUT2D eigenvalue weighted by atomic mass is 10.1. The minimum atomic E-state index is 0.573. The van der Waals surface area contributed by atoms with Gasteiger partial charge in [-0.2, -0.15) is 0 Å². The number of imidazole rings is 1. The largest absolute Gasteiger partial charge is 0.312 e. The van der Waals surface area contributed by atoms with E-state index in [1.165, 1.54) is 25.1 Å². The maximum atomic E-state index is 4.74. The van der Waals surface area contributed by atoms with Crippen LogP contribution in [0.5, 0.6) is 0 Å². The van der Waals surface area contributed by atoms with Crippen molar-refractivity contribution in [3.63, 3.8) is 0 Å². The third-order valence-corrected chi connectivity index (χ3v) is 3.87. The molecule has 0 saturated carbocycles. The Morgan fingerprint density at radius 3 is 3.16 bits per heavy atom. The summed E-state index contributed by atoms with van der Waals surface area (Å²) < 4.78 is 2.32. The Hall–Kier alpha value is -1.42. The van der Waals surface area contributed by atoms with Gasteiger partial charge in [-0.15, -0.1) is 0 Å². The average molecular weight is 258 g/mol. The third kappa shape index (κ3) is 2.63. The first-order chi connectivity index (χ1) is 9.38. The standard InChI is InChI=1S/C15H22N4/c1-2-6-14-18-13-8-5-10-17-15(13)19(14)11-12-7-3-4-9-16-12/h5,8,10,12,16H,2-4,6-7,9,11H2,1H3. The van der Waals surface area contributed by atoms with Gasteiger partial charge in [0.25, 0.3) is 0 Å². The zero-order chi connectivity index (χ0) is 13.1. The summed E-state index contributed by atoms with van der Waals surface area (Å²) in [4.78, 5) is 9.26. The van der Waals surface area contributed by atoms with Gasteiger partial charge in [0.15, 0.2) is 5.65 Å². The van der Waals surface area contributed by atoms with Crippen LogP contribution in [0.2, 0.25) is 0 Å². The molecule has 0 amide bonds. The fourth-order valence-corrected chi connectivity index (χ4v) is 2.91. The summed E-state index contributed by atoms with van der Waals surface area (Å²) in [5.74, 6) is 1.18. The molecule has 0 spiro atoms. The van der Waals surface area contributed by atoms with Gasteiger partial charge in [0.05, 0.1) is 0 Å². The Balaban J connectivity index is 1.92. The van der Waals surface area contributed by atoms with Crippen LogP contribution in [0.3, 0.4) is 0 Å². The van der Waals surface area contributed by atoms with E-state index in [-0.39, 0.29) is 0 Å². The van der Waals surface area contributed by atoms with Crippen molar-refractivity contribution in [2.24, 2.45) is 0 Å². The molecule has 0 bridgehead atoms. The van der Waals surface area contributed by atoms with Crippen LogP contribution in [0, 0.1) is 0 Å². The van der Waals surface area contributed by atoms with Gasteiger partial charge in [0.1, 0.15) is 11.3 Å². The molecule has 3 rings (SSSR count). The summed E-state index contributed by atoms with van der Waals surface area (Å²) >= 11 is 0. The van der Waals surface area contributed by atoms with E-state index in [2.05, 4.69) is 27.9 Å². The van der Waals surface area contributed by atoms with Crippen LogP contribution in [-0.4, -0.2) is 27.1 Å². The molecule has 2 aromatic heterocycles. The number of piperidine rings is 1. The van der Waals surface area contributed by atoms with E-state index < -0.39 is 0 Å². The molecule has 3 heterocycles. The Labute approximate surface area is 114 Å². The normalized spacial score (nSPS) is 19.9. The van der Waals surface area contributed by atoms with E-state index in [0.717, 1.165) is 37.1 Å². The topological polar surface area (TPSA) is 42.7 Å². The molecule has 4 nitrogen and oxygen atoms in total. The van der Waals surface area contributed by atoms with E-state index in [9.17, 15) is 0 Å². The molecule has 102 valence electrons. The lowest BCUT2D eigenvalue weighted by Crippen LogP contribution is -2.37. The number of nitrogens with one attached hydrogen (secondary N) is 1. The summed E-state index contributed by atoms with van der Waals surface area (Å²) in [6, 6.07) is 4.60. The Morgan fingerprint density at radius 2 is 2.37 bits per heavy atom. The number of pyridine rings is 1. The lowest BCUT2D eigenvalue weighted by Gasteiger charge is -2.24. The van der Waals surface area contributed by atoms with Crippen molar-refractivity contribution < 1.29 is 0 Å². The summed E-state index contributed by atoms with van der Waals surface area (Å²) in [6.45, 7) is 4.35. The average Bonchev–Trinajstić information content (AvgIpc) is 2.79. The molecule has 0 radical (unpaired) electrons. The minimum Gasteiger partial charge on any atom is -0.312 e. The minimum absolute atomic E-state index is 0.573. The second-order valence-electron chi connectivity index (χ2n) is 5.38. The van der Waals surface area contributed by atoms with Gasteiger partial charge in [-0.1, -0.05) is 13.3 Å². The molecular weight excluding hydrogens is 236 g/mol. The van der Waals surface area contributed by atoms with Crippen molar-refractivity contribution in [3.05, 3.63) is 24.2 Å². The molecule has 1 aliphatic heterocycles. The molecule has 1 fully saturated rings. The molecule has 1 saturated heterocycles. The zero-order valence-electron chi connectivity index (χ0n) is 11.6. The monoisotopic (exact) mass is 258 g/mol. The zero-order valence-corrected chi connectivity index (χ0v) is 11.6. The fraction of sp³-hybridized carbons (Fsp3) is 0.600. The molecule has 1 N–H and O–H groups in total. The molecule has 2 aromatic rings. The number of aryl methyl sites for hydroxylation is 1. The van der Waals surface area contributed by atoms with Crippen LogP contribution in [0.25, 0.3) is 11.2 Å².